The fourth-order valence-corrected chi connectivity index (χ4v) is 2.71. The van der Waals surface area contributed by atoms with Crippen molar-refractivity contribution < 1.29 is 4.74 Å². The second-order valence-electron chi connectivity index (χ2n) is 5.39. The number of ether oxygens (including phenoxy) is 1. The van der Waals surface area contributed by atoms with Crippen molar-refractivity contribution in [3.05, 3.63) is 59.4 Å². The average molecular weight is 268 g/mol. The van der Waals surface area contributed by atoms with Gasteiger partial charge in [0.1, 0.15) is 5.75 Å². The van der Waals surface area contributed by atoms with Gasteiger partial charge in [-0.3, -0.25) is 4.98 Å². The van der Waals surface area contributed by atoms with Crippen LogP contribution in [0, 0.1) is 0 Å². The third kappa shape index (κ3) is 2.41. The van der Waals surface area contributed by atoms with Crippen LogP contribution in [0.1, 0.15) is 47.9 Å². The molecule has 1 fully saturated rings. The quantitative estimate of drug-likeness (QED) is 0.924. The fourth-order valence-electron chi connectivity index (χ4n) is 2.71. The molecule has 1 atom stereocenters. The van der Waals surface area contributed by atoms with Gasteiger partial charge in [-0.1, -0.05) is 30.7 Å². The normalized spacial score (nSPS) is 16.5. The Bertz CT molecular complexity index is 576. The van der Waals surface area contributed by atoms with Gasteiger partial charge in [-0.2, -0.15) is 0 Å². The first-order valence-electron chi connectivity index (χ1n) is 7.13. The molecule has 0 aliphatic heterocycles. The van der Waals surface area contributed by atoms with Crippen molar-refractivity contribution in [1.82, 2.24) is 4.98 Å². The van der Waals surface area contributed by atoms with E-state index in [0.29, 0.717) is 0 Å². The summed E-state index contributed by atoms with van der Waals surface area (Å²) in [5.41, 5.74) is 9.88. The molecule has 104 valence electrons. The van der Waals surface area contributed by atoms with Crippen LogP contribution < -0.4 is 10.5 Å². The Morgan fingerprint density at radius 1 is 1.20 bits per heavy atom. The maximum atomic E-state index is 6.36. The Labute approximate surface area is 119 Å². The smallest absolute Gasteiger partial charge is 0.142 e. The first-order valence-corrected chi connectivity index (χ1v) is 7.13. The minimum absolute atomic E-state index is 0.177. The molecule has 3 nitrogen and oxygen atoms in total. The van der Waals surface area contributed by atoms with Gasteiger partial charge >= 0.3 is 0 Å². The first kappa shape index (κ1) is 13.1. The van der Waals surface area contributed by atoms with Gasteiger partial charge in [-0.25, -0.2) is 0 Å². The van der Waals surface area contributed by atoms with Gasteiger partial charge in [0, 0.05) is 11.8 Å². The molecular weight excluding hydrogens is 248 g/mol. The molecule has 1 unspecified atom stereocenters. The molecule has 2 N–H and O–H groups in total. The molecule has 1 aliphatic rings. The zero-order chi connectivity index (χ0) is 13.9. The van der Waals surface area contributed by atoms with E-state index < -0.39 is 0 Å². The summed E-state index contributed by atoms with van der Waals surface area (Å²) in [6.07, 6.45) is 7.46. The van der Waals surface area contributed by atoms with E-state index >= 15 is 0 Å². The van der Waals surface area contributed by atoms with Crippen molar-refractivity contribution in [3.8, 4) is 5.75 Å². The molecule has 0 amide bonds. The van der Waals surface area contributed by atoms with Crippen LogP contribution in [-0.4, -0.2) is 12.1 Å². The lowest BCUT2D eigenvalue weighted by Crippen LogP contribution is -2.14. The number of hydrogen-bond acceptors (Lipinski definition) is 3. The van der Waals surface area contributed by atoms with E-state index in [1.54, 1.807) is 19.5 Å². The van der Waals surface area contributed by atoms with Gasteiger partial charge in [0.05, 0.1) is 19.3 Å². The zero-order valence-electron chi connectivity index (χ0n) is 11.8. The highest BCUT2D eigenvalue weighted by atomic mass is 16.5. The standard InChI is InChI=1S/C17H20N2O/c1-20-16-11-19-10-9-15(16)17(18)14-7-5-13(6-8-14)12-3-2-4-12/h5-12,17H,2-4,18H2,1H3. The second-order valence-corrected chi connectivity index (χ2v) is 5.39. The topological polar surface area (TPSA) is 48.1 Å². The molecule has 1 aliphatic carbocycles. The summed E-state index contributed by atoms with van der Waals surface area (Å²) in [5, 5.41) is 0. The van der Waals surface area contributed by atoms with Gasteiger partial charge in [-0.05, 0) is 36.0 Å². The van der Waals surface area contributed by atoms with E-state index in [9.17, 15) is 0 Å². The molecule has 3 rings (SSSR count). The average Bonchev–Trinajstić information content (AvgIpc) is 2.45. The Hall–Kier alpha value is -1.87. The largest absolute Gasteiger partial charge is 0.495 e. The number of pyridine rings is 1. The summed E-state index contributed by atoms with van der Waals surface area (Å²) in [4.78, 5) is 4.07. The fraction of sp³-hybridized carbons (Fsp3) is 0.353. The summed E-state index contributed by atoms with van der Waals surface area (Å²) in [7, 11) is 1.65. The molecule has 0 spiro atoms. The maximum absolute atomic E-state index is 6.36. The van der Waals surface area contributed by atoms with Crippen LogP contribution in [0.25, 0.3) is 0 Å². The van der Waals surface area contributed by atoms with Crippen LogP contribution in [0.5, 0.6) is 5.75 Å². The van der Waals surface area contributed by atoms with Gasteiger partial charge in [-0.15, -0.1) is 0 Å². The van der Waals surface area contributed by atoms with Crippen molar-refractivity contribution in [3.63, 3.8) is 0 Å². The molecule has 0 saturated heterocycles. The molecule has 20 heavy (non-hydrogen) atoms. The highest BCUT2D eigenvalue weighted by Gasteiger charge is 2.20. The number of nitrogens with two attached hydrogens (primary N) is 1. The molecule has 1 aromatic heterocycles. The predicted molar refractivity (Wildman–Crippen MR) is 79.9 cm³/mol. The van der Waals surface area contributed by atoms with Crippen LogP contribution in [0.3, 0.4) is 0 Å². The summed E-state index contributed by atoms with van der Waals surface area (Å²) < 4.78 is 5.33. The highest BCUT2D eigenvalue weighted by molar-refractivity contribution is 5.40. The van der Waals surface area contributed by atoms with Crippen molar-refractivity contribution in [2.24, 2.45) is 5.73 Å². The Morgan fingerprint density at radius 3 is 2.55 bits per heavy atom. The van der Waals surface area contributed by atoms with Crippen LogP contribution >= 0.6 is 0 Å². The lowest BCUT2D eigenvalue weighted by molar-refractivity contribution is 0.406. The summed E-state index contributed by atoms with van der Waals surface area (Å²) >= 11 is 0. The van der Waals surface area contributed by atoms with Crippen LogP contribution in [0.2, 0.25) is 0 Å². The van der Waals surface area contributed by atoms with Gasteiger partial charge < -0.3 is 10.5 Å². The van der Waals surface area contributed by atoms with E-state index in [2.05, 4.69) is 29.2 Å². The van der Waals surface area contributed by atoms with Crippen LogP contribution in [0.15, 0.2) is 42.7 Å². The van der Waals surface area contributed by atoms with Gasteiger partial charge in [0.25, 0.3) is 0 Å². The lowest BCUT2D eigenvalue weighted by Gasteiger charge is -2.26. The van der Waals surface area contributed by atoms with E-state index in [0.717, 1.165) is 22.8 Å². The number of benzene rings is 1. The number of nitrogens with zero attached hydrogens (tertiary/aromatic N) is 1. The number of rotatable bonds is 4. The van der Waals surface area contributed by atoms with E-state index in [1.807, 2.05) is 6.07 Å². The summed E-state index contributed by atoms with van der Waals surface area (Å²) in [5.74, 6) is 1.50. The molecule has 3 heteroatoms. The first-order chi connectivity index (χ1) is 9.79. The Kier molecular flexibility index (Phi) is 3.70. The Balaban J connectivity index is 1.84. The van der Waals surface area contributed by atoms with Crippen LogP contribution in [0.4, 0.5) is 0 Å². The van der Waals surface area contributed by atoms with Gasteiger partial charge in [0.15, 0.2) is 0 Å². The molecule has 1 saturated carbocycles. The number of aromatic nitrogens is 1. The Morgan fingerprint density at radius 2 is 1.95 bits per heavy atom. The monoisotopic (exact) mass is 268 g/mol. The molecule has 0 radical (unpaired) electrons. The zero-order valence-corrected chi connectivity index (χ0v) is 11.8. The molecule has 2 aromatic rings. The minimum Gasteiger partial charge on any atom is -0.495 e. The molecule has 0 bridgehead atoms. The summed E-state index contributed by atoms with van der Waals surface area (Å²) in [6.45, 7) is 0. The van der Waals surface area contributed by atoms with Crippen molar-refractivity contribution in [2.75, 3.05) is 7.11 Å². The third-order valence-electron chi connectivity index (χ3n) is 4.24. The number of hydrogen-bond donors (Lipinski definition) is 1. The minimum atomic E-state index is -0.177. The molecule has 1 aromatic carbocycles. The van der Waals surface area contributed by atoms with Crippen molar-refractivity contribution >= 4 is 0 Å². The van der Waals surface area contributed by atoms with Crippen molar-refractivity contribution in [2.45, 2.75) is 31.2 Å². The SMILES string of the molecule is COc1cnccc1C(N)c1ccc(C2CCC2)cc1. The lowest BCUT2D eigenvalue weighted by atomic mass is 9.79. The van der Waals surface area contributed by atoms with E-state index in [4.69, 9.17) is 10.5 Å². The van der Waals surface area contributed by atoms with Crippen LogP contribution in [-0.2, 0) is 0 Å². The van der Waals surface area contributed by atoms with E-state index in [-0.39, 0.29) is 6.04 Å². The molecule has 1 heterocycles. The highest BCUT2D eigenvalue weighted by Crippen LogP contribution is 2.37. The third-order valence-corrected chi connectivity index (χ3v) is 4.24. The second kappa shape index (κ2) is 5.63. The van der Waals surface area contributed by atoms with Gasteiger partial charge in [0.2, 0.25) is 0 Å². The number of methoxy groups -OCH3 is 1. The predicted octanol–water partition coefficient (Wildman–Crippen LogP) is 3.41. The maximum Gasteiger partial charge on any atom is 0.142 e. The summed E-state index contributed by atoms with van der Waals surface area (Å²) in [6, 6.07) is 10.4. The van der Waals surface area contributed by atoms with E-state index in [1.165, 1.54) is 24.8 Å². The molecular formula is C17H20N2O. The van der Waals surface area contributed by atoms with Crippen molar-refractivity contribution in [1.29, 1.82) is 0 Å².